The van der Waals surface area contributed by atoms with Gasteiger partial charge in [-0.2, -0.15) is 5.10 Å². The monoisotopic (exact) mass is 362 g/mol. The van der Waals surface area contributed by atoms with Crippen LogP contribution in [-0.4, -0.2) is 27.2 Å². The second-order valence-corrected chi connectivity index (χ2v) is 6.19. The number of aryl methyl sites for hydroxylation is 1. The van der Waals surface area contributed by atoms with Crippen molar-refractivity contribution < 1.29 is 9.53 Å². The maximum absolute atomic E-state index is 12.6. The summed E-state index contributed by atoms with van der Waals surface area (Å²) < 4.78 is 8.43. The normalized spacial score (nSPS) is 11.0. The molecule has 27 heavy (non-hydrogen) atoms. The molecule has 1 amide bonds. The fourth-order valence-corrected chi connectivity index (χ4v) is 3.18. The number of benzene rings is 2. The second-order valence-electron chi connectivity index (χ2n) is 6.19. The van der Waals surface area contributed by atoms with Crippen molar-refractivity contribution in [2.75, 3.05) is 7.11 Å². The summed E-state index contributed by atoms with van der Waals surface area (Å²) in [6.45, 7) is 0.345. The molecule has 0 unspecified atom stereocenters. The Kier molecular flexibility index (Phi) is 4.12. The van der Waals surface area contributed by atoms with Gasteiger partial charge in [0.15, 0.2) is 0 Å². The third-order valence-corrected chi connectivity index (χ3v) is 4.63. The molecule has 0 saturated carbocycles. The lowest BCUT2D eigenvalue weighted by molar-refractivity contribution is 0.0951. The number of rotatable bonds is 4. The van der Waals surface area contributed by atoms with Gasteiger partial charge in [-0.25, -0.2) is 4.52 Å². The molecule has 1 N–H and O–H groups in total. The zero-order valence-electron chi connectivity index (χ0n) is 15.0. The molecule has 0 bridgehead atoms. The van der Waals surface area contributed by atoms with Gasteiger partial charge in [0, 0.05) is 24.7 Å². The highest BCUT2D eigenvalue weighted by molar-refractivity contribution is 5.97. The zero-order valence-corrected chi connectivity index (χ0v) is 15.0. The fourth-order valence-electron chi connectivity index (χ4n) is 3.18. The first-order chi connectivity index (χ1) is 13.1. The average molecular weight is 362 g/mol. The number of amides is 1. The van der Waals surface area contributed by atoms with E-state index in [2.05, 4.69) is 10.4 Å². The van der Waals surface area contributed by atoms with Crippen LogP contribution in [0.1, 0.15) is 15.9 Å². The van der Waals surface area contributed by atoms with Gasteiger partial charge in [-0.1, -0.05) is 18.2 Å². The summed E-state index contributed by atoms with van der Waals surface area (Å²) in [6, 6.07) is 14.4. The van der Waals surface area contributed by atoms with Gasteiger partial charge in [0.1, 0.15) is 11.3 Å². The molecule has 4 rings (SSSR count). The minimum absolute atomic E-state index is 0.161. The van der Waals surface area contributed by atoms with Crippen LogP contribution in [-0.2, 0) is 13.6 Å². The number of hydrogen-bond acceptors (Lipinski definition) is 4. The first kappa shape index (κ1) is 16.8. The van der Waals surface area contributed by atoms with Gasteiger partial charge in [0.2, 0.25) is 0 Å². The van der Waals surface area contributed by atoms with Crippen LogP contribution < -0.4 is 15.6 Å². The van der Waals surface area contributed by atoms with Gasteiger partial charge in [0.25, 0.3) is 11.5 Å². The number of para-hydroxylation sites is 1. The topological polar surface area (TPSA) is 77.6 Å². The van der Waals surface area contributed by atoms with Crippen LogP contribution in [0.25, 0.3) is 16.6 Å². The van der Waals surface area contributed by atoms with Gasteiger partial charge >= 0.3 is 0 Å². The SMILES string of the molecule is COc1ccccc1CNC(=O)c1ccc2c(c1)n(C)c(=O)c1ccnn12. The van der Waals surface area contributed by atoms with E-state index in [1.165, 1.54) is 4.57 Å². The minimum Gasteiger partial charge on any atom is -0.496 e. The number of nitrogens with one attached hydrogen (secondary N) is 1. The quantitative estimate of drug-likeness (QED) is 0.603. The Balaban J connectivity index is 1.67. The molecule has 4 aromatic rings. The minimum atomic E-state index is -0.226. The molecule has 7 heteroatoms. The van der Waals surface area contributed by atoms with E-state index in [0.29, 0.717) is 23.1 Å². The van der Waals surface area contributed by atoms with Crippen LogP contribution in [0, 0.1) is 0 Å². The molecule has 0 fully saturated rings. The second kappa shape index (κ2) is 6.60. The van der Waals surface area contributed by atoms with Crippen molar-refractivity contribution in [3.63, 3.8) is 0 Å². The Morgan fingerprint density at radius 3 is 2.74 bits per heavy atom. The highest BCUT2D eigenvalue weighted by atomic mass is 16.5. The molecule has 2 aromatic heterocycles. The summed E-state index contributed by atoms with van der Waals surface area (Å²) in [5.41, 5.74) is 3.10. The molecular formula is C20H18N4O3. The highest BCUT2D eigenvalue weighted by Crippen LogP contribution is 2.18. The van der Waals surface area contributed by atoms with Crippen molar-refractivity contribution in [3.05, 3.63) is 76.2 Å². The number of ether oxygens (including phenoxy) is 1. The predicted octanol–water partition coefficient (Wildman–Crippen LogP) is 2.12. The Labute approximate surface area is 154 Å². The molecule has 0 aliphatic carbocycles. The Bertz CT molecular complexity index is 1220. The summed E-state index contributed by atoms with van der Waals surface area (Å²) in [5.74, 6) is 0.496. The number of fused-ring (bicyclic) bond motifs is 3. The van der Waals surface area contributed by atoms with Gasteiger partial charge in [0.05, 0.1) is 24.3 Å². The largest absolute Gasteiger partial charge is 0.496 e. The number of hydrogen-bond donors (Lipinski definition) is 1. The summed E-state index contributed by atoms with van der Waals surface area (Å²) in [4.78, 5) is 25.1. The van der Waals surface area contributed by atoms with Gasteiger partial charge in [-0.05, 0) is 30.3 Å². The molecular weight excluding hydrogens is 344 g/mol. The summed E-state index contributed by atoms with van der Waals surface area (Å²) in [5, 5.41) is 7.10. The van der Waals surface area contributed by atoms with E-state index in [1.807, 2.05) is 24.3 Å². The van der Waals surface area contributed by atoms with Gasteiger partial charge < -0.3 is 14.6 Å². The molecule has 0 radical (unpaired) electrons. The maximum atomic E-state index is 12.6. The van der Waals surface area contributed by atoms with E-state index in [4.69, 9.17) is 4.74 Å². The number of methoxy groups -OCH3 is 1. The van der Waals surface area contributed by atoms with Crippen molar-refractivity contribution in [2.45, 2.75) is 6.54 Å². The lowest BCUT2D eigenvalue weighted by atomic mass is 10.1. The van der Waals surface area contributed by atoms with Crippen molar-refractivity contribution in [1.29, 1.82) is 0 Å². The molecule has 0 atom stereocenters. The van der Waals surface area contributed by atoms with Crippen molar-refractivity contribution in [2.24, 2.45) is 7.05 Å². The van der Waals surface area contributed by atoms with E-state index in [0.717, 1.165) is 16.8 Å². The number of aromatic nitrogens is 3. The van der Waals surface area contributed by atoms with Crippen LogP contribution in [0.3, 0.4) is 0 Å². The van der Waals surface area contributed by atoms with E-state index in [1.54, 1.807) is 49.1 Å². The predicted molar refractivity (Wildman–Crippen MR) is 102 cm³/mol. The summed E-state index contributed by atoms with van der Waals surface area (Å²) >= 11 is 0. The van der Waals surface area contributed by atoms with Gasteiger partial charge in [-0.3, -0.25) is 9.59 Å². The molecule has 0 aliphatic heterocycles. The van der Waals surface area contributed by atoms with E-state index < -0.39 is 0 Å². The molecule has 7 nitrogen and oxygen atoms in total. The highest BCUT2D eigenvalue weighted by Gasteiger charge is 2.13. The Hall–Kier alpha value is -3.61. The van der Waals surface area contributed by atoms with Crippen LogP contribution in [0.5, 0.6) is 5.75 Å². The van der Waals surface area contributed by atoms with Gasteiger partial charge in [-0.15, -0.1) is 0 Å². The molecule has 136 valence electrons. The third-order valence-electron chi connectivity index (χ3n) is 4.63. The van der Waals surface area contributed by atoms with Crippen molar-refractivity contribution >= 4 is 22.5 Å². The van der Waals surface area contributed by atoms with E-state index in [-0.39, 0.29) is 11.5 Å². The Morgan fingerprint density at radius 1 is 1.11 bits per heavy atom. The fraction of sp³-hybridized carbons (Fsp3) is 0.150. The Morgan fingerprint density at radius 2 is 1.93 bits per heavy atom. The standard InChI is InChI=1S/C20H18N4O3/c1-23-17-11-13(7-8-15(17)24-16(20(23)26)9-10-22-24)19(25)21-12-14-5-3-4-6-18(14)27-2/h3-11H,12H2,1-2H3,(H,21,25). The molecule has 0 saturated heterocycles. The van der Waals surface area contributed by atoms with Crippen LogP contribution in [0.4, 0.5) is 0 Å². The first-order valence-electron chi connectivity index (χ1n) is 8.46. The van der Waals surface area contributed by atoms with E-state index in [9.17, 15) is 9.59 Å². The summed E-state index contributed by atoms with van der Waals surface area (Å²) in [6.07, 6.45) is 1.59. The zero-order chi connectivity index (χ0) is 19.0. The lowest BCUT2D eigenvalue weighted by Crippen LogP contribution is -2.24. The number of nitrogens with zero attached hydrogens (tertiary/aromatic N) is 3. The third kappa shape index (κ3) is 2.83. The van der Waals surface area contributed by atoms with Crippen molar-refractivity contribution in [1.82, 2.24) is 19.5 Å². The lowest BCUT2D eigenvalue weighted by Gasteiger charge is -2.11. The first-order valence-corrected chi connectivity index (χ1v) is 8.46. The van der Waals surface area contributed by atoms with Crippen molar-refractivity contribution in [3.8, 4) is 5.75 Å². The summed E-state index contributed by atoms with van der Waals surface area (Å²) in [7, 11) is 3.29. The average Bonchev–Trinajstić information content (AvgIpc) is 3.20. The molecule has 0 aliphatic rings. The molecule has 2 aromatic carbocycles. The van der Waals surface area contributed by atoms with Crippen LogP contribution in [0.15, 0.2) is 59.5 Å². The van der Waals surface area contributed by atoms with Crippen LogP contribution >= 0.6 is 0 Å². The number of carbonyl (C=O) groups is 1. The molecule has 2 heterocycles. The molecule has 0 spiro atoms. The van der Waals surface area contributed by atoms with Crippen LogP contribution in [0.2, 0.25) is 0 Å². The van der Waals surface area contributed by atoms with E-state index >= 15 is 0 Å². The number of carbonyl (C=O) groups excluding carboxylic acids is 1. The maximum Gasteiger partial charge on any atom is 0.276 e. The smallest absolute Gasteiger partial charge is 0.276 e.